The predicted octanol–water partition coefficient (Wildman–Crippen LogP) is 29.8. The van der Waals surface area contributed by atoms with Crippen molar-refractivity contribution in [1.82, 2.24) is 39.9 Å². The molecule has 0 aliphatic carbocycles. The van der Waals surface area contributed by atoms with Gasteiger partial charge in [0.15, 0.2) is 11.6 Å². The Balaban J connectivity index is 0.000000152. The zero-order valence-corrected chi connectivity index (χ0v) is 67.5. The van der Waals surface area contributed by atoms with E-state index in [0.717, 1.165) is 195 Å². The van der Waals surface area contributed by atoms with Gasteiger partial charge in [-0.15, -0.1) is 0 Å². The monoisotopic (exact) mass is 1580 g/mol. The molecule has 0 bridgehead atoms. The van der Waals surface area contributed by atoms with Crippen LogP contribution in [0.15, 0.2) is 461 Å². The molecule has 16 aromatic carbocycles. The topological polar surface area (TPSA) is 103 Å². The van der Waals surface area contributed by atoms with E-state index in [1.54, 1.807) is 0 Å². The zero-order valence-electron chi connectivity index (χ0n) is 67.5. The highest BCUT2D eigenvalue weighted by molar-refractivity contribution is 6.11. The SMILES string of the molecule is c1ccc(-c2ccc(-c3cc(-c4cccc(-c5ccc(-c6cc(-c7ccccc7)nc7c6ccc6ccc(-c8ccccc8)nc67)cc5)c4)nc(-c4ccccc4)n3)cc2)cc1.c1ccc(-c2ccc(-c3nc(-c4ccccc4)cc(-c4cccc(-c5ccc(-c6cc(-c7ccccc7)nc7c6ccc6ccc(-c8ccccc8)nc67)cc5)c4)n3)cc2)cc1. The van der Waals surface area contributed by atoms with Gasteiger partial charge in [0, 0.05) is 77.2 Å². The summed E-state index contributed by atoms with van der Waals surface area (Å²) in [5.74, 6) is 1.38. The van der Waals surface area contributed by atoms with Crippen LogP contribution in [0.2, 0.25) is 0 Å². The molecule has 0 radical (unpaired) electrons. The van der Waals surface area contributed by atoms with Crippen LogP contribution < -0.4 is 0 Å². The molecule has 0 saturated carbocycles. The number of fused-ring (bicyclic) bond motifs is 6. The van der Waals surface area contributed by atoms with Gasteiger partial charge in [0.25, 0.3) is 0 Å². The van der Waals surface area contributed by atoms with Crippen molar-refractivity contribution in [3.8, 4) is 180 Å². The first-order valence-corrected chi connectivity index (χ1v) is 41.7. The molecule has 22 rings (SSSR count). The van der Waals surface area contributed by atoms with Crippen molar-refractivity contribution in [3.05, 3.63) is 461 Å². The summed E-state index contributed by atoms with van der Waals surface area (Å²) in [6.45, 7) is 0. The third-order valence-corrected chi connectivity index (χ3v) is 23.0. The van der Waals surface area contributed by atoms with Crippen LogP contribution in [0.3, 0.4) is 0 Å². The van der Waals surface area contributed by atoms with Crippen molar-refractivity contribution in [2.45, 2.75) is 0 Å². The van der Waals surface area contributed by atoms with E-state index >= 15 is 0 Å². The number of hydrogen-bond donors (Lipinski definition) is 0. The Kier molecular flexibility index (Phi) is 20.3. The minimum atomic E-state index is 0.689. The molecular weight excluding hydrogens is 1510 g/mol. The van der Waals surface area contributed by atoms with Crippen LogP contribution in [-0.2, 0) is 0 Å². The molecule has 0 amide bonds. The maximum atomic E-state index is 5.29. The first-order valence-electron chi connectivity index (χ1n) is 41.7. The summed E-state index contributed by atoms with van der Waals surface area (Å²) in [7, 11) is 0. The Labute approximate surface area is 719 Å². The molecule has 580 valence electrons. The highest BCUT2D eigenvalue weighted by Gasteiger charge is 2.21. The summed E-state index contributed by atoms with van der Waals surface area (Å²) in [4.78, 5) is 41.5. The van der Waals surface area contributed by atoms with Gasteiger partial charge in [-0.1, -0.05) is 413 Å². The fourth-order valence-electron chi connectivity index (χ4n) is 16.5. The Morgan fingerprint density at radius 1 is 0.113 bits per heavy atom. The van der Waals surface area contributed by atoms with Gasteiger partial charge in [-0.25, -0.2) is 39.9 Å². The molecule has 124 heavy (non-hydrogen) atoms. The van der Waals surface area contributed by atoms with E-state index in [4.69, 9.17) is 39.9 Å². The van der Waals surface area contributed by atoms with Gasteiger partial charge in [-0.3, -0.25) is 0 Å². The van der Waals surface area contributed by atoms with Gasteiger partial charge in [-0.2, -0.15) is 0 Å². The third kappa shape index (κ3) is 15.6. The Bertz CT molecular complexity index is 7160. The quantitative estimate of drug-likeness (QED) is 0.0882. The molecule has 0 saturated heterocycles. The van der Waals surface area contributed by atoms with Crippen LogP contribution in [0.5, 0.6) is 0 Å². The highest BCUT2D eigenvalue weighted by Crippen LogP contribution is 2.42. The lowest BCUT2D eigenvalue weighted by Gasteiger charge is -2.14. The van der Waals surface area contributed by atoms with Crippen molar-refractivity contribution in [3.63, 3.8) is 0 Å². The molecule has 0 unspecified atom stereocenters. The molecule has 0 spiro atoms. The average molecular weight is 1580 g/mol. The lowest BCUT2D eigenvalue weighted by molar-refractivity contribution is 1.18. The molecule has 8 heteroatoms. The van der Waals surface area contributed by atoms with Crippen molar-refractivity contribution in [2.24, 2.45) is 0 Å². The predicted molar refractivity (Wildman–Crippen MR) is 512 cm³/mol. The number of pyridine rings is 4. The summed E-state index contributed by atoms with van der Waals surface area (Å²) in [6.07, 6.45) is 0. The number of hydrogen-bond acceptors (Lipinski definition) is 8. The average Bonchev–Trinajstić information content (AvgIpc) is 0.753. The van der Waals surface area contributed by atoms with Crippen molar-refractivity contribution in [1.29, 1.82) is 0 Å². The second kappa shape index (κ2) is 33.6. The minimum absolute atomic E-state index is 0.689. The third-order valence-electron chi connectivity index (χ3n) is 23.0. The second-order valence-electron chi connectivity index (χ2n) is 30.9. The van der Waals surface area contributed by atoms with Crippen molar-refractivity contribution < 1.29 is 0 Å². The van der Waals surface area contributed by atoms with E-state index < -0.39 is 0 Å². The Morgan fingerprint density at radius 3 is 0.677 bits per heavy atom. The highest BCUT2D eigenvalue weighted by atomic mass is 14.9. The first-order chi connectivity index (χ1) is 61.4. The van der Waals surface area contributed by atoms with E-state index in [1.165, 1.54) is 16.7 Å². The summed E-state index contributed by atoms with van der Waals surface area (Å²) in [5, 5.41) is 4.24. The van der Waals surface area contributed by atoms with E-state index in [2.05, 4.69) is 388 Å². The first kappa shape index (κ1) is 74.8. The van der Waals surface area contributed by atoms with Crippen molar-refractivity contribution in [2.75, 3.05) is 0 Å². The summed E-state index contributed by atoms with van der Waals surface area (Å²) in [6, 6.07) is 161. The zero-order chi connectivity index (χ0) is 82.5. The van der Waals surface area contributed by atoms with Gasteiger partial charge in [0.2, 0.25) is 0 Å². The minimum Gasteiger partial charge on any atom is -0.245 e. The largest absolute Gasteiger partial charge is 0.245 e. The summed E-state index contributed by atoms with van der Waals surface area (Å²) >= 11 is 0. The van der Waals surface area contributed by atoms with Gasteiger partial charge in [-0.05, 0) is 115 Å². The van der Waals surface area contributed by atoms with Crippen molar-refractivity contribution >= 4 is 43.6 Å². The molecule has 6 heterocycles. The van der Waals surface area contributed by atoms with Crippen LogP contribution >= 0.6 is 0 Å². The smallest absolute Gasteiger partial charge is 0.160 e. The number of rotatable bonds is 16. The van der Waals surface area contributed by atoms with Crippen LogP contribution in [-0.4, -0.2) is 39.9 Å². The molecule has 0 aliphatic rings. The van der Waals surface area contributed by atoms with Crippen LogP contribution in [0.4, 0.5) is 0 Å². The maximum absolute atomic E-state index is 5.29. The van der Waals surface area contributed by atoms with Crippen LogP contribution in [0, 0.1) is 0 Å². The molecule has 0 aliphatic heterocycles. The van der Waals surface area contributed by atoms with Gasteiger partial charge >= 0.3 is 0 Å². The number of nitrogens with zero attached hydrogens (tertiary/aromatic N) is 8. The number of benzene rings is 16. The van der Waals surface area contributed by atoms with E-state index in [1.807, 2.05) is 72.8 Å². The van der Waals surface area contributed by atoms with Gasteiger partial charge in [0.1, 0.15) is 0 Å². The maximum Gasteiger partial charge on any atom is 0.160 e. The van der Waals surface area contributed by atoms with Gasteiger partial charge < -0.3 is 0 Å². The van der Waals surface area contributed by atoms with Gasteiger partial charge in [0.05, 0.1) is 67.6 Å². The van der Waals surface area contributed by atoms with E-state index in [-0.39, 0.29) is 0 Å². The molecule has 6 aromatic heterocycles. The van der Waals surface area contributed by atoms with Crippen LogP contribution in [0.1, 0.15) is 0 Å². The normalized spacial score (nSPS) is 11.2. The Hall–Kier alpha value is -16.7. The molecule has 0 atom stereocenters. The van der Waals surface area contributed by atoms with Crippen LogP contribution in [0.25, 0.3) is 223 Å². The molecule has 8 nitrogen and oxygen atoms in total. The fourth-order valence-corrected chi connectivity index (χ4v) is 16.5. The Morgan fingerprint density at radius 2 is 0.331 bits per heavy atom. The van der Waals surface area contributed by atoms with E-state index in [0.29, 0.717) is 11.6 Å². The van der Waals surface area contributed by atoms with E-state index in [9.17, 15) is 0 Å². The molecule has 0 fully saturated rings. The molecule has 0 N–H and O–H groups in total. The standard InChI is InChI=1S/2C58H38N4/c1-5-14-39(15-6-1)40-26-30-45(31-27-40)54-38-55(62-58(61-54)47-20-11-4-12-21-47)49-23-13-22-48(36-49)41-24-28-42(29-25-41)51-37-53(44-18-9-3-10-19-44)60-57-50(51)34-32-46-33-35-52(59-56(46)57)43-16-7-2-8-17-43;1-5-14-39(15-6-1)40-26-30-47(31-27-40)58-61-54(45-20-11-4-12-21-45)38-55(62-58)49-23-13-22-48(36-49)41-24-28-42(29-25-41)51-37-53(44-18-9-3-10-19-44)60-57-50(51)34-32-46-33-35-52(59-56(46)57)43-16-7-2-8-17-43/h2*1-38H. The lowest BCUT2D eigenvalue weighted by Crippen LogP contribution is -1.96. The number of aromatic nitrogens is 8. The molecule has 22 aromatic rings. The summed E-state index contributed by atoms with van der Waals surface area (Å²) < 4.78 is 0. The lowest BCUT2D eigenvalue weighted by atomic mass is 9.94. The summed E-state index contributed by atoms with van der Waals surface area (Å²) in [5.41, 5.74) is 34.7. The molecular formula is C116H76N8. The fraction of sp³-hybridized carbons (Fsp3) is 0. The second-order valence-corrected chi connectivity index (χ2v) is 30.9.